The average molecular weight is 356 g/mol. The van der Waals surface area contributed by atoms with Crippen molar-refractivity contribution >= 4 is 28.3 Å². The third kappa shape index (κ3) is 3.74. The van der Waals surface area contributed by atoms with Crippen LogP contribution in [0.25, 0.3) is 5.69 Å². The van der Waals surface area contributed by atoms with Crippen LogP contribution in [0.4, 0.5) is 5.13 Å². The molecule has 0 radical (unpaired) electrons. The number of nitrogens with one attached hydrogen (secondary N) is 1. The largest absolute Gasteiger partial charge is 0.462 e. The van der Waals surface area contributed by atoms with Gasteiger partial charge in [0.25, 0.3) is 5.91 Å². The van der Waals surface area contributed by atoms with Crippen molar-refractivity contribution in [2.75, 3.05) is 11.9 Å². The lowest BCUT2D eigenvalue weighted by molar-refractivity contribution is 0.0531. The van der Waals surface area contributed by atoms with Gasteiger partial charge in [-0.15, -0.1) is 0 Å². The summed E-state index contributed by atoms with van der Waals surface area (Å²) in [5, 5.41) is 7.21. The Morgan fingerprint density at radius 2 is 2.04 bits per heavy atom. The number of hydrogen-bond acceptors (Lipinski definition) is 6. The van der Waals surface area contributed by atoms with Crippen molar-refractivity contribution in [3.8, 4) is 5.69 Å². The molecular formula is C17H16N4O3S. The highest BCUT2D eigenvalue weighted by atomic mass is 32.1. The number of nitrogens with zero attached hydrogens (tertiary/aromatic N) is 3. The van der Waals surface area contributed by atoms with E-state index in [2.05, 4.69) is 15.4 Å². The van der Waals surface area contributed by atoms with Gasteiger partial charge in [0.05, 0.1) is 18.0 Å². The van der Waals surface area contributed by atoms with Crippen molar-refractivity contribution in [3.63, 3.8) is 0 Å². The predicted molar refractivity (Wildman–Crippen MR) is 94.3 cm³/mol. The van der Waals surface area contributed by atoms with Gasteiger partial charge >= 0.3 is 5.97 Å². The molecular weight excluding hydrogens is 340 g/mol. The number of anilines is 1. The summed E-state index contributed by atoms with van der Waals surface area (Å²) in [4.78, 5) is 28.8. The molecule has 0 atom stereocenters. The smallest absolute Gasteiger partial charge is 0.350 e. The SMILES string of the molecule is CCOC(=O)c1sc(NC(=O)c2ccc(-n3cccn3)cc2)nc1C. The minimum absolute atomic E-state index is 0.292. The zero-order valence-corrected chi connectivity index (χ0v) is 14.5. The molecule has 2 heterocycles. The van der Waals surface area contributed by atoms with Crippen LogP contribution in [-0.4, -0.2) is 33.2 Å². The van der Waals surface area contributed by atoms with E-state index >= 15 is 0 Å². The first-order valence-corrected chi connectivity index (χ1v) is 8.46. The number of hydrogen-bond donors (Lipinski definition) is 1. The third-order valence-electron chi connectivity index (χ3n) is 3.38. The summed E-state index contributed by atoms with van der Waals surface area (Å²) in [5.41, 5.74) is 1.88. The van der Waals surface area contributed by atoms with E-state index in [4.69, 9.17) is 4.74 Å². The highest BCUT2D eigenvalue weighted by Crippen LogP contribution is 2.24. The molecule has 1 N–H and O–H groups in total. The van der Waals surface area contributed by atoms with E-state index in [1.807, 2.05) is 12.3 Å². The molecule has 0 saturated heterocycles. The van der Waals surface area contributed by atoms with Crippen LogP contribution in [0.1, 0.15) is 32.6 Å². The second-order valence-corrected chi connectivity index (χ2v) is 6.10. The van der Waals surface area contributed by atoms with Gasteiger partial charge in [-0.25, -0.2) is 14.5 Å². The topological polar surface area (TPSA) is 86.1 Å². The second-order valence-electron chi connectivity index (χ2n) is 5.11. The van der Waals surface area contributed by atoms with Crippen LogP contribution >= 0.6 is 11.3 Å². The normalized spacial score (nSPS) is 10.5. The Kier molecular flexibility index (Phi) is 4.90. The Morgan fingerprint density at radius 1 is 1.28 bits per heavy atom. The van der Waals surface area contributed by atoms with E-state index < -0.39 is 5.97 Å². The van der Waals surface area contributed by atoms with Crippen LogP contribution in [0, 0.1) is 6.92 Å². The summed E-state index contributed by atoms with van der Waals surface area (Å²) in [7, 11) is 0. The minimum atomic E-state index is -0.429. The molecule has 3 aromatic rings. The number of carbonyl (C=O) groups excluding carboxylic acids is 2. The summed E-state index contributed by atoms with van der Waals surface area (Å²) in [6, 6.07) is 8.85. The summed E-state index contributed by atoms with van der Waals surface area (Å²) < 4.78 is 6.68. The average Bonchev–Trinajstić information content (AvgIpc) is 3.25. The maximum absolute atomic E-state index is 12.3. The molecule has 1 aromatic carbocycles. The molecule has 3 rings (SSSR count). The molecule has 25 heavy (non-hydrogen) atoms. The number of thiazole rings is 1. The van der Waals surface area contributed by atoms with E-state index in [-0.39, 0.29) is 5.91 Å². The molecule has 7 nitrogen and oxygen atoms in total. The Labute approximate surface area is 148 Å². The van der Waals surface area contributed by atoms with Crippen LogP contribution in [0.3, 0.4) is 0 Å². The third-order valence-corrected chi connectivity index (χ3v) is 4.43. The Bertz CT molecular complexity index is 885. The maximum atomic E-state index is 12.3. The van der Waals surface area contributed by atoms with Gasteiger partial charge in [0.1, 0.15) is 4.88 Å². The van der Waals surface area contributed by atoms with Crippen molar-refractivity contribution in [3.05, 3.63) is 58.9 Å². The molecule has 8 heteroatoms. The van der Waals surface area contributed by atoms with E-state index in [1.54, 1.807) is 49.0 Å². The predicted octanol–water partition coefficient (Wildman–Crippen LogP) is 3.07. The number of esters is 1. The van der Waals surface area contributed by atoms with Gasteiger partial charge in [-0.1, -0.05) is 11.3 Å². The van der Waals surface area contributed by atoms with Gasteiger partial charge in [0, 0.05) is 18.0 Å². The minimum Gasteiger partial charge on any atom is -0.462 e. The molecule has 2 aromatic heterocycles. The summed E-state index contributed by atoms with van der Waals surface area (Å²) in [5.74, 6) is -0.724. The van der Waals surface area contributed by atoms with Gasteiger partial charge in [-0.2, -0.15) is 5.10 Å². The van der Waals surface area contributed by atoms with Crippen molar-refractivity contribution < 1.29 is 14.3 Å². The van der Waals surface area contributed by atoms with E-state index in [0.717, 1.165) is 17.0 Å². The van der Waals surface area contributed by atoms with Crippen molar-refractivity contribution in [1.82, 2.24) is 14.8 Å². The highest BCUT2D eigenvalue weighted by molar-refractivity contribution is 7.17. The van der Waals surface area contributed by atoms with Gasteiger partial charge in [0.15, 0.2) is 5.13 Å². The molecule has 0 spiro atoms. The maximum Gasteiger partial charge on any atom is 0.350 e. The fraction of sp³-hybridized carbons (Fsp3) is 0.176. The quantitative estimate of drug-likeness (QED) is 0.710. The zero-order valence-electron chi connectivity index (χ0n) is 13.7. The number of benzene rings is 1. The van der Waals surface area contributed by atoms with Crippen molar-refractivity contribution in [1.29, 1.82) is 0 Å². The Balaban J connectivity index is 1.72. The lowest BCUT2D eigenvalue weighted by atomic mass is 10.2. The lowest BCUT2D eigenvalue weighted by Crippen LogP contribution is -2.11. The first-order chi connectivity index (χ1) is 12.1. The number of rotatable bonds is 5. The number of amides is 1. The van der Waals surface area contributed by atoms with Gasteiger partial charge < -0.3 is 4.74 Å². The van der Waals surface area contributed by atoms with Crippen LogP contribution in [-0.2, 0) is 4.74 Å². The van der Waals surface area contributed by atoms with E-state index in [1.165, 1.54) is 0 Å². The van der Waals surface area contributed by atoms with Crippen molar-refractivity contribution in [2.45, 2.75) is 13.8 Å². The molecule has 0 aliphatic carbocycles. The van der Waals surface area contributed by atoms with Crippen LogP contribution in [0.2, 0.25) is 0 Å². The molecule has 0 saturated carbocycles. The summed E-state index contributed by atoms with van der Waals surface area (Å²) in [6.07, 6.45) is 3.51. The van der Waals surface area contributed by atoms with Crippen molar-refractivity contribution in [2.24, 2.45) is 0 Å². The molecule has 0 fully saturated rings. The summed E-state index contributed by atoms with van der Waals surface area (Å²) in [6.45, 7) is 3.74. The van der Waals surface area contributed by atoms with E-state index in [0.29, 0.717) is 27.9 Å². The number of aromatic nitrogens is 3. The first kappa shape index (κ1) is 16.8. The Morgan fingerprint density at radius 3 is 2.68 bits per heavy atom. The molecule has 0 aliphatic heterocycles. The highest BCUT2D eigenvalue weighted by Gasteiger charge is 2.18. The monoisotopic (exact) mass is 356 g/mol. The molecule has 128 valence electrons. The molecule has 0 bridgehead atoms. The van der Waals surface area contributed by atoms with Gasteiger partial charge in [-0.3, -0.25) is 10.1 Å². The fourth-order valence-electron chi connectivity index (χ4n) is 2.19. The van der Waals surface area contributed by atoms with Gasteiger partial charge in [-0.05, 0) is 44.2 Å². The lowest BCUT2D eigenvalue weighted by Gasteiger charge is -2.04. The first-order valence-electron chi connectivity index (χ1n) is 7.64. The van der Waals surface area contributed by atoms with Crippen LogP contribution in [0.15, 0.2) is 42.7 Å². The standard InChI is InChI=1S/C17H16N4O3S/c1-3-24-16(23)14-11(2)19-17(25-14)20-15(22)12-5-7-13(8-6-12)21-10-4-9-18-21/h4-10H,3H2,1-2H3,(H,19,20,22). The van der Waals surface area contributed by atoms with Crippen LogP contribution in [0.5, 0.6) is 0 Å². The van der Waals surface area contributed by atoms with E-state index in [9.17, 15) is 9.59 Å². The fourth-order valence-corrected chi connectivity index (χ4v) is 3.05. The number of carbonyl (C=O) groups is 2. The zero-order chi connectivity index (χ0) is 17.8. The summed E-state index contributed by atoms with van der Waals surface area (Å²) >= 11 is 1.10. The number of aryl methyl sites for hydroxylation is 1. The Hall–Kier alpha value is -3.00. The number of ether oxygens (including phenoxy) is 1. The molecule has 0 aliphatic rings. The van der Waals surface area contributed by atoms with Gasteiger partial charge in [0.2, 0.25) is 0 Å². The second kappa shape index (κ2) is 7.27. The van der Waals surface area contributed by atoms with Crippen LogP contribution < -0.4 is 5.32 Å². The molecule has 0 unspecified atom stereocenters. The molecule has 1 amide bonds.